The Kier molecular flexibility index (Phi) is 5.43. The molecule has 0 aliphatic rings. The Balaban J connectivity index is 2.79. The molecule has 0 amide bonds. The Hall–Kier alpha value is -1.27. The first-order valence-corrected chi connectivity index (χ1v) is 5.48. The minimum atomic E-state index is -4.67. The van der Waals surface area contributed by atoms with E-state index >= 15 is 0 Å². The first-order chi connectivity index (χ1) is 8.46. The molecule has 0 aliphatic heterocycles. The van der Waals surface area contributed by atoms with Crippen molar-refractivity contribution in [2.45, 2.75) is 18.8 Å². The minimum absolute atomic E-state index is 0.0678. The van der Waals surface area contributed by atoms with E-state index in [9.17, 15) is 13.2 Å². The summed E-state index contributed by atoms with van der Waals surface area (Å²) in [4.78, 5) is 0. The Morgan fingerprint density at radius 3 is 2.61 bits per heavy atom. The number of hydrogen-bond donors (Lipinski definition) is 1. The monoisotopic (exact) mass is 263 g/mol. The molecule has 1 unspecified atom stereocenters. The van der Waals surface area contributed by atoms with E-state index in [1.54, 1.807) is 20.2 Å². The second kappa shape index (κ2) is 6.61. The summed E-state index contributed by atoms with van der Waals surface area (Å²) in [6.45, 7) is 0.524. The lowest BCUT2D eigenvalue weighted by Crippen LogP contribution is -2.19. The number of nitrogens with one attached hydrogen (secondary N) is 1. The van der Waals surface area contributed by atoms with Crippen molar-refractivity contribution in [2.75, 3.05) is 20.8 Å². The molecule has 102 valence electrons. The maximum atomic E-state index is 12.1. The molecule has 1 aromatic carbocycles. The van der Waals surface area contributed by atoms with E-state index in [4.69, 9.17) is 4.74 Å². The van der Waals surface area contributed by atoms with Gasteiger partial charge >= 0.3 is 6.36 Å². The first kappa shape index (κ1) is 14.8. The van der Waals surface area contributed by atoms with Crippen molar-refractivity contribution in [3.63, 3.8) is 0 Å². The Bertz CT molecular complexity index is 369. The molecule has 0 heterocycles. The van der Waals surface area contributed by atoms with E-state index in [-0.39, 0.29) is 11.8 Å². The highest BCUT2D eigenvalue weighted by molar-refractivity contribution is 5.30. The predicted molar refractivity (Wildman–Crippen MR) is 61.4 cm³/mol. The van der Waals surface area contributed by atoms with Gasteiger partial charge in [-0.15, -0.1) is 13.2 Å². The zero-order chi connectivity index (χ0) is 13.6. The number of benzene rings is 1. The summed E-state index contributed by atoms with van der Waals surface area (Å²) >= 11 is 0. The summed E-state index contributed by atoms with van der Waals surface area (Å²) in [6, 6.07) is 5.87. The van der Waals surface area contributed by atoms with Gasteiger partial charge in [0.2, 0.25) is 0 Å². The van der Waals surface area contributed by atoms with E-state index in [1.807, 2.05) is 0 Å². The van der Waals surface area contributed by atoms with Crippen molar-refractivity contribution in [1.29, 1.82) is 0 Å². The maximum Gasteiger partial charge on any atom is 0.573 e. The third-order valence-electron chi connectivity index (χ3n) is 2.45. The summed E-state index contributed by atoms with van der Waals surface area (Å²) in [5, 5.41) is 3.03. The van der Waals surface area contributed by atoms with Crippen LogP contribution < -0.4 is 10.1 Å². The van der Waals surface area contributed by atoms with Crippen LogP contribution in [0.1, 0.15) is 18.0 Å². The lowest BCUT2D eigenvalue weighted by Gasteiger charge is -2.17. The third-order valence-corrected chi connectivity index (χ3v) is 2.45. The van der Waals surface area contributed by atoms with Gasteiger partial charge in [0, 0.05) is 19.8 Å². The van der Waals surface area contributed by atoms with Crippen molar-refractivity contribution < 1.29 is 22.6 Å². The van der Waals surface area contributed by atoms with Crippen molar-refractivity contribution in [3.05, 3.63) is 29.8 Å². The lowest BCUT2D eigenvalue weighted by molar-refractivity contribution is -0.274. The third kappa shape index (κ3) is 4.93. The Labute approximate surface area is 104 Å². The van der Waals surface area contributed by atoms with Crippen LogP contribution in [0.25, 0.3) is 0 Å². The molecule has 1 aromatic rings. The highest BCUT2D eigenvalue weighted by Gasteiger charge is 2.31. The zero-order valence-electron chi connectivity index (χ0n) is 10.3. The molecule has 6 heteroatoms. The summed E-state index contributed by atoms with van der Waals surface area (Å²) in [6.07, 6.45) is -4.00. The molecule has 0 spiro atoms. The van der Waals surface area contributed by atoms with Crippen LogP contribution in [-0.4, -0.2) is 27.1 Å². The van der Waals surface area contributed by atoms with E-state index in [1.165, 1.54) is 18.2 Å². The van der Waals surface area contributed by atoms with Gasteiger partial charge in [0.25, 0.3) is 0 Å². The number of halogens is 3. The van der Waals surface area contributed by atoms with Gasteiger partial charge in [-0.1, -0.05) is 12.1 Å². The Morgan fingerprint density at radius 2 is 2.06 bits per heavy atom. The van der Waals surface area contributed by atoms with E-state index in [0.29, 0.717) is 13.0 Å². The van der Waals surface area contributed by atoms with Gasteiger partial charge in [-0.25, -0.2) is 0 Å². The molecule has 1 N–H and O–H groups in total. The van der Waals surface area contributed by atoms with Crippen LogP contribution in [0.2, 0.25) is 0 Å². The highest BCUT2D eigenvalue weighted by Crippen LogP contribution is 2.26. The van der Waals surface area contributed by atoms with E-state index in [2.05, 4.69) is 10.1 Å². The van der Waals surface area contributed by atoms with Crippen molar-refractivity contribution >= 4 is 0 Å². The maximum absolute atomic E-state index is 12.1. The highest BCUT2D eigenvalue weighted by atomic mass is 19.4. The van der Waals surface area contributed by atoms with Gasteiger partial charge in [-0.3, -0.25) is 0 Å². The second-order valence-electron chi connectivity index (χ2n) is 3.74. The topological polar surface area (TPSA) is 30.5 Å². The standard InChI is InChI=1S/C12H16F3NO2/c1-16-11(6-7-17-2)9-4-3-5-10(8-9)18-12(13,14)15/h3-5,8,11,16H,6-7H2,1-2H3. The van der Waals surface area contributed by atoms with Gasteiger partial charge in [0.15, 0.2) is 0 Å². The second-order valence-corrected chi connectivity index (χ2v) is 3.74. The molecule has 18 heavy (non-hydrogen) atoms. The number of methoxy groups -OCH3 is 1. The number of rotatable bonds is 6. The SMILES string of the molecule is CNC(CCOC)c1cccc(OC(F)(F)F)c1. The zero-order valence-corrected chi connectivity index (χ0v) is 10.3. The summed E-state index contributed by atoms with van der Waals surface area (Å²) < 4.78 is 45.1. The average Bonchev–Trinajstić information content (AvgIpc) is 2.28. The number of ether oxygens (including phenoxy) is 2. The molecule has 0 aromatic heterocycles. The smallest absolute Gasteiger partial charge is 0.406 e. The Morgan fingerprint density at radius 1 is 1.33 bits per heavy atom. The van der Waals surface area contributed by atoms with Crippen LogP contribution >= 0.6 is 0 Å². The molecule has 1 atom stereocenters. The molecule has 0 radical (unpaired) electrons. The molecule has 0 aliphatic carbocycles. The van der Waals surface area contributed by atoms with Crippen molar-refractivity contribution in [3.8, 4) is 5.75 Å². The fourth-order valence-electron chi connectivity index (χ4n) is 1.64. The fourth-order valence-corrected chi connectivity index (χ4v) is 1.64. The minimum Gasteiger partial charge on any atom is -0.406 e. The number of hydrogen-bond acceptors (Lipinski definition) is 3. The van der Waals surface area contributed by atoms with Crippen LogP contribution in [0.5, 0.6) is 5.75 Å². The van der Waals surface area contributed by atoms with Gasteiger partial charge in [-0.2, -0.15) is 0 Å². The largest absolute Gasteiger partial charge is 0.573 e. The van der Waals surface area contributed by atoms with Gasteiger partial charge in [0.1, 0.15) is 5.75 Å². The first-order valence-electron chi connectivity index (χ1n) is 5.48. The number of alkyl halides is 3. The molecular formula is C12H16F3NO2. The quantitative estimate of drug-likeness (QED) is 0.856. The fraction of sp³-hybridized carbons (Fsp3) is 0.500. The van der Waals surface area contributed by atoms with Gasteiger partial charge < -0.3 is 14.8 Å². The van der Waals surface area contributed by atoms with Crippen LogP contribution in [0, 0.1) is 0 Å². The molecule has 1 rings (SSSR count). The molecule has 0 saturated heterocycles. The van der Waals surface area contributed by atoms with Gasteiger partial charge in [-0.05, 0) is 31.2 Å². The molecule has 0 bridgehead atoms. The summed E-state index contributed by atoms with van der Waals surface area (Å²) in [7, 11) is 3.33. The summed E-state index contributed by atoms with van der Waals surface area (Å²) in [5.41, 5.74) is 0.733. The molecular weight excluding hydrogens is 247 g/mol. The predicted octanol–water partition coefficient (Wildman–Crippen LogP) is 2.88. The lowest BCUT2D eigenvalue weighted by atomic mass is 10.0. The average molecular weight is 263 g/mol. The van der Waals surface area contributed by atoms with Crippen LogP contribution in [0.15, 0.2) is 24.3 Å². The van der Waals surface area contributed by atoms with Crippen molar-refractivity contribution in [1.82, 2.24) is 5.32 Å². The van der Waals surface area contributed by atoms with E-state index < -0.39 is 6.36 Å². The van der Waals surface area contributed by atoms with Crippen LogP contribution in [0.3, 0.4) is 0 Å². The normalized spacial score (nSPS) is 13.4. The van der Waals surface area contributed by atoms with Crippen molar-refractivity contribution in [2.24, 2.45) is 0 Å². The molecule has 0 saturated carbocycles. The van der Waals surface area contributed by atoms with Crippen LogP contribution in [-0.2, 0) is 4.74 Å². The van der Waals surface area contributed by atoms with Gasteiger partial charge in [0.05, 0.1) is 0 Å². The van der Waals surface area contributed by atoms with Crippen LogP contribution in [0.4, 0.5) is 13.2 Å². The van der Waals surface area contributed by atoms with E-state index in [0.717, 1.165) is 5.56 Å². The summed E-state index contributed by atoms with van der Waals surface area (Å²) in [5.74, 6) is -0.210. The molecule has 3 nitrogen and oxygen atoms in total. The molecule has 0 fully saturated rings.